The Morgan fingerprint density at radius 1 is 1.42 bits per heavy atom. The first-order valence-corrected chi connectivity index (χ1v) is 3.91. The van der Waals surface area contributed by atoms with Gasteiger partial charge >= 0.3 is 0 Å². The third-order valence-corrected chi connectivity index (χ3v) is 1.77. The van der Waals surface area contributed by atoms with Crippen molar-refractivity contribution in [2.45, 2.75) is 26.8 Å². The molecular weight excluding hydrogens is 157 g/mol. The number of hydrogen-bond donors (Lipinski definition) is 0. The maximum absolute atomic E-state index is 13.0. The molecule has 0 unspecified atom stereocenters. The molecule has 2 nitrogen and oxygen atoms in total. The molecule has 0 aliphatic carbocycles. The summed E-state index contributed by atoms with van der Waals surface area (Å²) < 4.78 is 14.2. The molecule has 0 N–H and O–H groups in total. The van der Waals surface area contributed by atoms with E-state index in [1.165, 1.54) is 12.1 Å². The largest absolute Gasteiger partial charge is 0.282 e. The fraction of sp³-hybridized carbons (Fsp3) is 0.444. The average molecular weight is 169 g/mol. The van der Waals surface area contributed by atoms with E-state index in [1.807, 2.05) is 0 Å². The maximum atomic E-state index is 13.0. The molecule has 0 amide bonds. The minimum absolute atomic E-state index is 0.127. The zero-order valence-electron chi connectivity index (χ0n) is 7.47. The fourth-order valence-electron chi connectivity index (χ4n) is 1.11. The van der Waals surface area contributed by atoms with Crippen LogP contribution in [0.3, 0.4) is 0 Å². The highest BCUT2D eigenvalue weighted by Crippen LogP contribution is 2.04. The van der Waals surface area contributed by atoms with Gasteiger partial charge in [0.05, 0.1) is 0 Å². The predicted octanol–water partition coefficient (Wildman–Crippen LogP) is 1.88. The van der Waals surface area contributed by atoms with Crippen molar-refractivity contribution in [1.82, 2.24) is 4.57 Å². The highest BCUT2D eigenvalue weighted by molar-refractivity contribution is 5.09. The van der Waals surface area contributed by atoms with Gasteiger partial charge in [0, 0.05) is 11.6 Å². The minimum Gasteiger partial charge on any atom is -0.282 e. The van der Waals surface area contributed by atoms with Crippen LogP contribution < -0.4 is 5.56 Å². The van der Waals surface area contributed by atoms with Gasteiger partial charge in [-0.05, 0) is 32.9 Å². The van der Waals surface area contributed by atoms with Gasteiger partial charge in [-0.25, -0.2) is 0 Å². The number of hydrogen-bond acceptors (Lipinski definition) is 1. The van der Waals surface area contributed by atoms with Gasteiger partial charge in [-0.15, -0.1) is 0 Å². The summed E-state index contributed by atoms with van der Waals surface area (Å²) in [5.41, 5.74) is 0.329. The van der Waals surface area contributed by atoms with Crippen molar-refractivity contribution >= 4 is 0 Å². The van der Waals surface area contributed by atoms with Crippen molar-refractivity contribution in [3.63, 3.8) is 0 Å². The van der Waals surface area contributed by atoms with Gasteiger partial charge in [0.1, 0.15) is 0 Å². The van der Waals surface area contributed by atoms with Crippen molar-refractivity contribution in [2.24, 2.45) is 0 Å². The molecule has 0 spiro atoms. The van der Waals surface area contributed by atoms with Gasteiger partial charge in [-0.3, -0.25) is 9.36 Å². The maximum Gasteiger partial charge on any atom is 0.255 e. The van der Waals surface area contributed by atoms with Crippen molar-refractivity contribution in [3.05, 3.63) is 34.0 Å². The number of aryl methyl sites for hydroxylation is 1. The Kier molecular flexibility index (Phi) is 2.31. The Bertz CT molecular complexity index is 341. The van der Waals surface area contributed by atoms with E-state index in [0.29, 0.717) is 5.56 Å². The second kappa shape index (κ2) is 3.09. The molecule has 1 rings (SSSR count). The standard InChI is InChI=1S/C9H12FNO/c1-6(2)11-8(10)5-4-7(3)9(11)12/h4-6H,1-3H3. The van der Waals surface area contributed by atoms with E-state index < -0.39 is 5.95 Å². The highest BCUT2D eigenvalue weighted by atomic mass is 19.1. The third kappa shape index (κ3) is 1.40. The number of halogens is 1. The molecule has 0 fully saturated rings. The van der Waals surface area contributed by atoms with E-state index in [0.717, 1.165) is 4.57 Å². The normalized spacial score (nSPS) is 10.8. The average Bonchev–Trinajstić information content (AvgIpc) is 1.97. The first-order valence-electron chi connectivity index (χ1n) is 3.91. The van der Waals surface area contributed by atoms with Gasteiger partial charge in [-0.2, -0.15) is 4.39 Å². The van der Waals surface area contributed by atoms with Gasteiger partial charge in [0.25, 0.3) is 5.56 Å². The zero-order valence-corrected chi connectivity index (χ0v) is 7.47. The molecule has 12 heavy (non-hydrogen) atoms. The lowest BCUT2D eigenvalue weighted by atomic mass is 10.3. The summed E-state index contributed by atoms with van der Waals surface area (Å²) in [7, 11) is 0. The molecule has 1 heterocycles. The molecule has 0 bridgehead atoms. The number of pyridine rings is 1. The monoisotopic (exact) mass is 169 g/mol. The van der Waals surface area contributed by atoms with Crippen LogP contribution in [0.25, 0.3) is 0 Å². The fourth-order valence-corrected chi connectivity index (χ4v) is 1.11. The van der Waals surface area contributed by atoms with E-state index in [1.54, 1.807) is 20.8 Å². The van der Waals surface area contributed by atoms with Crippen LogP contribution in [0.4, 0.5) is 4.39 Å². The van der Waals surface area contributed by atoms with E-state index >= 15 is 0 Å². The van der Waals surface area contributed by atoms with Crippen LogP contribution in [0.2, 0.25) is 0 Å². The van der Waals surface area contributed by atoms with Crippen molar-refractivity contribution < 1.29 is 4.39 Å². The summed E-state index contributed by atoms with van der Waals surface area (Å²) in [5, 5.41) is 0. The molecule has 0 atom stereocenters. The third-order valence-electron chi connectivity index (χ3n) is 1.77. The lowest BCUT2D eigenvalue weighted by Gasteiger charge is -2.11. The summed E-state index contributed by atoms with van der Waals surface area (Å²) in [6.45, 7) is 5.24. The summed E-state index contributed by atoms with van der Waals surface area (Å²) >= 11 is 0. The Labute approximate surface area is 70.6 Å². The Morgan fingerprint density at radius 3 is 2.42 bits per heavy atom. The lowest BCUT2D eigenvalue weighted by molar-refractivity contribution is 0.435. The second-order valence-corrected chi connectivity index (χ2v) is 3.11. The molecule has 66 valence electrons. The van der Waals surface area contributed by atoms with Crippen LogP contribution in [-0.4, -0.2) is 4.57 Å². The summed E-state index contributed by atoms with van der Waals surface area (Å²) in [6.07, 6.45) is 0. The van der Waals surface area contributed by atoms with Crippen LogP contribution >= 0.6 is 0 Å². The first-order chi connectivity index (χ1) is 5.54. The molecule has 1 aromatic rings. The van der Waals surface area contributed by atoms with Gasteiger partial charge in [0.15, 0.2) is 5.95 Å². The zero-order chi connectivity index (χ0) is 9.30. The van der Waals surface area contributed by atoms with Gasteiger partial charge in [-0.1, -0.05) is 0 Å². The molecule has 3 heteroatoms. The quantitative estimate of drug-likeness (QED) is 0.588. The molecule has 0 saturated heterocycles. The summed E-state index contributed by atoms with van der Waals surface area (Å²) in [4.78, 5) is 11.4. The minimum atomic E-state index is -0.472. The van der Waals surface area contributed by atoms with Crippen LogP contribution in [-0.2, 0) is 0 Å². The van der Waals surface area contributed by atoms with E-state index in [-0.39, 0.29) is 11.6 Å². The predicted molar refractivity (Wildman–Crippen MR) is 45.8 cm³/mol. The molecule has 0 aromatic carbocycles. The van der Waals surface area contributed by atoms with Gasteiger partial charge in [0.2, 0.25) is 0 Å². The Balaban J connectivity index is 3.44. The second-order valence-electron chi connectivity index (χ2n) is 3.11. The first kappa shape index (κ1) is 8.97. The van der Waals surface area contributed by atoms with Crippen LogP contribution in [0.1, 0.15) is 25.5 Å². The number of nitrogens with zero attached hydrogens (tertiary/aromatic N) is 1. The number of aromatic nitrogens is 1. The van der Waals surface area contributed by atoms with Crippen molar-refractivity contribution in [3.8, 4) is 0 Å². The van der Waals surface area contributed by atoms with Crippen LogP contribution in [0.15, 0.2) is 16.9 Å². The van der Waals surface area contributed by atoms with Gasteiger partial charge < -0.3 is 0 Å². The van der Waals surface area contributed by atoms with Crippen LogP contribution in [0.5, 0.6) is 0 Å². The molecule has 0 aliphatic heterocycles. The molecule has 1 aromatic heterocycles. The van der Waals surface area contributed by atoms with Crippen molar-refractivity contribution in [2.75, 3.05) is 0 Å². The molecule has 0 saturated carbocycles. The molecular formula is C9H12FNO. The topological polar surface area (TPSA) is 22.0 Å². The molecule has 0 aliphatic rings. The Hall–Kier alpha value is -1.12. The van der Waals surface area contributed by atoms with E-state index in [2.05, 4.69) is 0 Å². The Morgan fingerprint density at radius 2 is 2.00 bits per heavy atom. The molecule has 0 radical (unpaired) electrons. The van der Waals surface area contributed by atoms with E-state index in [4.69, 9.17) is 0 Å². The SMILES string of the molecule is Cc1ccc(F)n(C(C)C)c1=O. The smallest absolute Gasteiger partial charge is 0.255 e. The number of rotatable bonds is 1. The van der Waals surface area contributed by atoms with E-state index in [9.17, 15) is 9.18 Å². The highest BCUT2D eigenvalue weighted by Gasteiger charge is 2.07. The summed E-state index contributed by atoms with van der Waals surface area (Å²) in [6, 6.07) is 2.69. The van der Waals surface area contributed by atoms with Crippen LogP contribution in [0, 0.1) is 12.9 Å². The lowest BCUT2D eigenvalue weighted by Crippen LogP contribution is -2.26. The summed E-state index contributed by atoms with van der Waals surface area (Å²) in [5.74, 6) is -0.472. The van der Waals surface area contributed by atoms with Crippen molar-refractivity contribution in [1.29, 1.82) is 0 Å².